The molecule has 2 aromatic rings. The molecule has 2 nitrogen and oxygen atoms in total. The predicted octanol–water partition coefficient (Wildman–Crippen LogP) is 5.69. The lowest BCUT2D eigenvalue weighted by Gasteiger charge is -2.17. The van der Waals surface area contributed by atoms with Crippen molar-refractivity contribution in [2.45, 2.75) is 33.1 Å². The number of ether oxygens (including phenoxy) is 1. The fourth-order valence-corrected chi connectivity index (χ4v) is 2.83. The lowest BCUT2D eigenvalue weighted by Crippen LogP contribution is -2.11. The Morgan fingerprint density at radius 2 is 1.92 bits per heavy atom. The van der Waals surface area contributed by atoms with Crippen molar-refractivity contribution < 1.29 is 22.7 Å². The van der Waals surface area contributed by atoms with E-state index in [4.69, 9.17) is 4.74 Å². The van der Waals surface area contributed by atoms with Crippen molar-refractivity contribution in [1.29, 1.82) is 0 Å². The molecule has 128 valence electrons. The van der Waals surface area contributed by atoms with Crippen molar-refractivity contribution in [3.63, 3.8) is 0 Å². The van der Waals surface area contributed by atoms with Crippen LogP contribution < -0.4 is 4.74 Å². The minimum Gasteiger partial charge on any atom is -0.488 e. The van der Waals surface area contributed by atoms with Crippen LogP contribution >= 0.6 is 15.9 Å². The molecule has 0 fully saturated rings. The van der Waals surface area contributed by atoms with Gasteiger partial charge in [-0.15, -0.1) is 0 Å². The summed E-state index contributed by atoms with van der Waals surface area (Å²) in [6.45, 7) is 3.39. The first kappa shape index (κ1) is 18.5. The second-order valence-corrected chi connectivity index (χ2v) is 6.08. The van der Waals surface area contributed by atoms with E-state index in [1.165, 1.54) is 6.07 Å². The molecule has 0 radical (unpaired) electrons. The summed E-state index contributed by atoms with van der Waals surface area (Å²) in [4.78, 5) is 11.7. The zero-order valence-electron chi connectivity index (χ0n) is 13.2. The molecule has 0 atom stereocenters. The number of carbonyl (C=O) groups is 1. The second-order valence-electron chi connectivity index (χ2n) is 5.36. The topological polar surface area (TPSA) is 26.3 Å². The maximum absolute atomic E-state index is 13.2. The lowest BCUT2D eigenvalue weighted by atomic mass is 10.0. The molecule has 0 saturated carbocycles. The fraction of sp³-hybridized carbons (Fsp3) is 0.278. The van der Waals surface area contributed by atoms with E-state index < -0.39 is 11.7 Å². The van der Waals surface area contributed by atoms with Crippen molar-refractivity contribution in [2.24, 2.45) is 0 Å². The Labute approximate surface area is 146 Å². The quantitative estimate of drug-likeness (QED) is 0.602. The number of halogens is 4. The van der Waals surface area contributed by atoms with Gasteiger partial charge in [-0.3, -0.25) is 4.79 Å². The Morgan fingerprint density at radius 1 is 1.21 bits per heavy atom. The molecule has 0 spiro atoms. The third-order valence-corrected chi connectivity index (χ3v) is 4.11. The molecule has 0 N–H and O–H groups in total. The van der Waals surface area contributed by atoms with Gasteiger partial charge in [-0.1, -0.05) is 36.8 Å². The summed E-state index contributed by atoms with van der Waals surface area (Å²) in [6.07, 6.45) is -3.85. The SMILES string of the molecule is CCc1cccc(C(=O)Br)c1COc1ccc(C)cc1C(F)(F)F. The van der Waals surface area contributed by atoms with E-state index >= 15 is 0 Å². The monoisotopic (exact) mass is 400 g/mol. The molecule has 0 aliphatic carbocycles. The number of hydrogen-bond acceptors (Lipinski definition) is 2. The van der Waals surface area contributed by atoms with Gasteiger partial charge < -0.3 is 4.74 Å². The van der Waals surface area contributed by atoms with E-state index in [1.807, 2.05) is 13.0 Å². The van der Waals surface area contributed by atoms with Gasteiger partial charge in [0.25, 0.3) is 0 Å². The smallest absolute Gasteiger partial charge is 0.419 e. The average molecular weight is 401 g/mol. The van der Waals surface area contributed by atoms with Crippen LogP contribution in [0.15, 0.2) is 36.4 Å². The van der Waals surface area contributed by atoms with Crippen molar-refractivity contribution in [3.05, 3.63) is 64.2 Å². The van der Waals surface area contributed by atoms with Crippen LogP contribution in [0.4, 0.5) is 13.2 Å². The standard InChI is InChI=1S/C18H16BrF3O2/c1-3-12-5-4-6-13(17(19)23)14(12)10-24-16-8-7-11(2)9-15(16)18(20,21)22/h4-9H,3,10H2,1-2H3. The number of benzene rings is 2. The molecule has 2 rings (SSSR count). The Bertz CT molecular complexity index is 754. The van der Waals surface area contributed by atoms with Gasteiger partial charge >= 0.3 is 6.18 Å². The van der Waals surface area contributed by atoms with Gasteiger partial charge in [-0.2, -0.15) is 13.2 Å². The molecule has 0 aliphatic heterocycles. The summed E-state index contributed by atoms with van der Waals surface area (Å²) < 4.78 is 44.6. The maximum Gasteiger partial charge on any atom is 0.419 e. The van der Waals surface area contributed by atoms with Crippen LogP contribution in [0.3, 0.4) is 0 Å². The number of aryl methyl sites for hydroxylation is 2. The molecule has 24 heavy (non-hydrogen) atoms. The molecule has 0 saturated heterocycles. The summed E-state index contributed by atoms with van der Waals surface area (Å²) in [5, 5.41) is 0. The normalized spacial score (nSPS) is 11.4. The predicted molar refractivity (Wildman–Crippen MR) is 89.6 cm³/mol. The molecule has 0 heterocycles. The van der Waals surface area contributed by atoms with Crippen LogP contribution in [0.2, 0.25) is 0 Å². The molecule has 0 bridgehead atoms. The summed E-state index contributed by atoms with van der Waals surface area (Å²) in [6, 6.07) is 9.11. The zero-order valence-corrected chi connectivity index (χ0v) is 14.8. The highest BCUT2D eigenvalue weighted by Gasteiger charge is 2.34. The second kappa shape index (κ2) is 7.38. The van der Waals surface area contributed by atoms with Crippen LogP contribution in [0.25, 0.3) is 0 Å². The summed E-state index contributed by atoms with van der Waals surface area (Å²) in [5.41, 5.74) is 1.54. The molecule has 0 aromatic heterocycles. The van der Waals surface area contributed by atoms with Crippen LogP contribution in [0.5, 0.6) is 5.75 Å². The Hall–Kier alpha value is -1.82. The van der Waals surface area contributed by atoms with Crippen LogP contribution in [-0.2, 0) is 19.2 Å². The number of hydrogen-bond donors (Lipinski definition) is 0. The number of carbonyl (C=O) groups excluding carboxylic acids is 1. The van der Waals surface area contributed by atoms with Gasteiger partial charge in [0.2, 0.25) is 4.69 Å². The van der Waals surface area contributed by atoms with Crippen LogP contribution in [0, 0.1) is 6.92 Å². The lowest BCUT2D eigenvalue weighted by molar-refractivity contribution is -0.139. The highest BCUT2D eigenvalue weighted by atomic mass is 79.9. The molecule has 0 unspecified atom stereocenters. The molecule has 6 heteroatoms. The van der Waals surface area contributed by atoms with Crippen LogP contribution in [0.1, 0.15) is 39.5 Å². The average Bonchev–Trinajstić information content (AvgIpc) is 2.52. The highest BCUT2D eigenvalue weighted by Crippen LogP contribution is 2.37. The largest absolute Gasteiger partial charge is 0.488 e. The molecule has 0 aliphatic rings. The molecular weight excluding hydrogens is 385 g/mol. The maximum atomic E-state index is 13.2. The van der Waals surface area contributed by atoms with Gasteiger partial charge in [0, 0.05) is 11.1 Å². The summed E-state index contributed by atoms with van der Waals surface area (Å²) in [5.74, 6) is -0.244. The summed E-state index contributed by atoms with van der Waals surface area (Å²) in [7, 11) is 0. The van der Waals surface area contributed by atoms with E-state index in [1.54, 1.807) is 25.1 Å². The fourth-order valence-electron chi connectivity index (χ4n) is 2.46. The van der Waals surface area contributed by atoms with E-state index in [9.17, 15) is 18.0 Å². The third kappa shape index (κ3) is 4.17. The van der Waals surface area contributed by atoms with Gasteiger partial charge in [0.1, 0.15) is 12.4 Å². The van der Waals surface area contributed by atoms with Crippen molar-refractivity contribution in [1.82, 2.24) is 0 Å². The Kier molecular flexibility index (Phi) is 5.70. The van der Waals surface area contributed by atoms with Gasteiger partial charge in [-0.05, 0) is 47.0 Å². The van der Waals surface area contributed by atoms with Crippen LogP contribution in [-0.4, -0.2) is 4.69 Å². The summed E-state index contributed by atoms with van der Waals surface area (Å²) >= 11 is 2.90. The van der Waals surface area contributed by atoms with Crippen molar-refractivity contribution in [3.8, 4) is 5.75 Å². The minimum atomic E-state index is -4.50. The van der Waals surface area contributed by atoms with E-state index in [0.29, 0.717) is 23.1 Å². The molecule has 0 amide bonds. The molecular formula is C18H16BrF3O2. The van der Waals surface area contributed by atoms with Crippen molar-refractivity contribution >= 4 is 20.6 Å². The van der Waals surface area contributed by atoms with E-state index in [2.05, 4.69) is 15.9 Å². The Morgan fingerprint density at radius 3 is 2.50 bits per heavy atom. The first-order chi connectivity index (χ1) is 11.2. The van der Waals surface area contributed by atoms with Gasteiger partial charge in [0.05, 0.1) is 5.56 Å². The first-order valence-electron chi connectivity index (χ1n) is 7.35. The third-order valence-electron chi connectivity index (χ3n) is 3.68. The minimum absolute atomic E-state index is 0.108. The number of alkyl halides is 3. The first-order valence-corrected chi connectivity index (χ1v) is 8.14. The number of rotatable bonds is 5. The van der Waals surface area contributed by atoms with Gasteiger partial charge in [0.15, 0.2) is 0 Å². The van der Waals surface area contributed by atoms with E-state index in [-0.39, 0.29) is 17.0 Å². The Balaban J connectivity index is 2.38. The van der Waals surface area contributed by atoms with E-state index in [0.717, 1.165) is 11.6 Å². The molecule has 2 aromatic carbocycles. The van der Waals surface area contributed by atoms with Crippen molar-refractivity contribution in [2.75, 3.05) is 0 Å². The van der Waals surface area contributed by atoms with Gasteiger partial charge in [-0.25, -0.2) is 0 Å². The highest BCUT2D eigenvalue weighted by molar-refractivity contribution is 9.18. The zero-order chi connectivity index (χ0) is 17.9.